The van der Waals surface area contributed by atoms with Gasteiger partial charge in [0.15, 0.2) is 5.82 Å². The van der Waals surface area contributed by atoms with Crippen molar-refractivity contribution in [3.05, 3.63) is 30.1 Å². The monoisotopic (exact) mass is 194 g/mol. The summed E-state index contributed by atoms with van der Waals surface area (Å²) in [6.45, 7) is -0.888. The largest absolute Gasteiger partial charge is 0.464 e. The molecule has 0 atom stereocenters. The Labute approximate surface area is 78.6 Å². The lowest BCUT2D eigenvalue weighted by molar-refractivity contribution is 0.195. The normalized spacial score (nSPS) is 10.6. The molecule has 4 nitrogen and oxygen atoms in total. The molecule has 0 fully saturated rings. The van der Waals surface area contributed by atoms with Gasteiger partial charge in [-0.1, -0.05) is 12.1 Å². The third-order valence-corrected chi connectivity index (χ3v) is 1.94. The van der Waals surface area contributed by atoms with Gasteiger partial charge in [0.1, 0.15) is 6.67 Å². The van der Waals surface area contributed by atoms with Crippen LogP contribution in [0.4, 0.5) is 9.18 Å². The van der Waals surface area contributed by atoms with E-state index in [1.807, 2.05) is 0 Å². The maximum atomic E-state index is 12.4. The first-order valence-electron chi connectivity index (χ1n) is 3.99. The van der Waals surface area contributed by atoms with Gasteiger partial charge in [0.2, 0.25) is 0 Å². The highest BCUT2D eigenvalue weighted by atomic mass is 19.1. The Hall–Kier alpha value is -1.91. The summed E-state index contributed by atoms with van der Waals surface area (Å²) in [5, 5.41) is 8.84. The van der Waals surface area contributed by atoms with E-state index in [0.29, 0.717) is 11.0 Å². The Morgan fingerprint density at radius 1 is 1.50 bits per heavy atom. The second-order valence-electron chi connectivity index (χ2n) is 2.77. The Kier molecular flexibility index (Phi) is 1.92. The molecular formula is C9H7FN2O2. The summed E-state index contributed by atoms with van der Waals surface area (Å²) in [6, 6.07) is 6.65. The number of hydrogen-bond donors (Lipinski definition) is 1. The van der Waals surface area contributed by atoms with Crippen LogP contribution in [-0.2, 0) is 6.67 Å². The summed E-state index contributed by atoms with van der Waals surface area (Å²) >= 11 is 0. The molecule has 0 saturated carbocycles. The van der Waals surface area contributed by atoms with Crippen LogP contribution in [0.15, 0.2) is 24.3 Å². The SMILES string of the molecule is O=C(O)n1c(CF)nc2ccccc21. The van der Waals surface area contributed by atoms with E-state index in [1.54, 1.807) is 24.3 Å². The summed E-state index contributed by atoms with van der Waals surface area (Å²) in [6.07, 6.45) is -1.22. The second kappa shape index (κ2) is 3.10. The number of nitrogens with zero attached hydrogens (tertiary/aromatic N) is 2. The van der Waals surface area contributed by atoms with E-state index in [0.717, 1.165) is 4.57 Å². The topological polar surface area (TPSA) is 55.1 Å². The lowest BCUT2D eigenvalue weighted by Gasteiger charge is -1.98. The number of benzene rings is 1. The highest BCUT2D eigenvalue weighted by Gasteiger charge is 2.14. The van der Waals surface area contributed by atoms with E-state index in [9.17, 15) is 9.18 Å². The molecule has 0 aliphatic rings. The van der Waals surface area contributed by atoms with Crippen molar-refractivity contribution in [2.75, 3.05) is 0 Å². The van der Waals surface area contributed by atoms with E-state index < -0.39 is 12.8 Å². The predicted octanol–water partition coefficient (Wildman–Crippen LogP) is 2.03. The average Bonchev–Trinajstić information content (AvgIpc) is 2.55. The first-order valence-corrected chi connectivity index (χ1v) is 3.99. The van der Waals surface area contributed by atoms with Gasteiger partial charge >= 0.3 is 6.09 Å². The molecule has 2 rings (SSSR count). The third-order valence-electron chi connectivity index (χ3n) is 1.94. The molecule has 1 N–H and O–H groups in total. The van der Waals surface area contributed by atoms with Gasteiger partial charge in [0, 0.05) is 0 Å². The van der Waals surface area contributed by atoms with E-state index in [-0.39, 0.29) is 5.82 Å². The number of fused-ring (bicyclic) bond motifs is 1. The molecule has 0 aliphatic heterocycles. The molecule has 0 radical (unpaired) electrons. The van der Waals surface area contributed by atoms with Crippen molar-refractivity contribution in [1.29, 1.82) is 0 Å². The number of carbonyl (C=O) groups is 1. The van der Waals surface area contributed by atoms with Crippen molar-refractivity contribution in [3.8, 4) is 0 Å². The summed E-state index contributed by atoms with van der Waals surface area (Å²) < 4.78 is 13.3. The van der Waals surface area contributed by atoms with Gasteiger partial charge in [-0.3, -0.25) is 0 Å². The fourth-order valence-electron chi connectivity index (χ4n) is 1.38. The fourth-order valence-corrected chi connectivity index (χ4v) is 1.38. The zero-order valence-corrected chi connectivity index (χ0v) is 7.14. The van der Waals surface area contributed by atoms with Gasteiger partial charge in [-0.2, -0.15) is 0 Å². The number of halogens is 1. The molecule has 14 heavy (non-hydrogen) atoms. The molecule has 1 aromatic heterocycles. The van der Waals surface area contributed by atoms with Crippen LogP contribution in [0.2, 0.25) is 0 Å². The van der Waals surface area contributed by atoms with Crippen molar-refractivity contribution in [2.24, 2.45) is 0 Å². The summed E-state index contributed by atoms with van der Waals surface area (Å²) in [7, 11) is 0. The highest BCUT2D eigenvalue weighted by Crippen LogP contribution is 2.16. The molecule has 0 spiro atoms. The molecule has 0 amide bonds. The predicted molar refractivity (Wildman–Crippen MR) is 48.0 cm³/mol. The fraction of sp³-hybridized carbons (Fsp3) is 0.111. The number of aromatic nitrogens is 2. The Balaban J connectivity index is 2.81. The minimum absolute atomic E-state index is 0.0845. The summed E-state index contributed by atoms with van der Waals surface area (Å²) in [4.78, 5) is 14.7. The molecular weight excluding hydrogens is 187 g/mol. The van der Waals surface area contributed by atoms with Crippen LogP contribution in [0, 0.1) is 0 Å². The second-order valence-corrected chi connectivity index (χ2v) is 2.77. The molecule has 0 unspecified atom stereocenters. The number of para-hydroxylation sites is 2. The van der Waals surface area contributed by atoms with Gasteiger partial charge in [-0.25, -0.2) is 18.7 Å². The Morgan fingerprint density at radius 2 is 2.21 bits per heavy atom. The molecule has 1 heterocycles. The van der Waals surface area contributed by atoms with Crippen molar-refractivity contribution < 1.29 is 14.3 Å². The molecule has 5 heteroatoms. The maximum absolute atomic E-state index is 12.4. The lowest BCUT2D eigenvalue weighted by atomic mass is 10.3. The first-order chi connectivity index (χ1) is 6.74. The Bertz CT molecular complexity index is 493. The lowest BCUT2D eigenvalue weighted by Crippen LogP contribution is -2.10. The third kappa shape index (κ3) is 1.14. The van der Waals surface area contributed by atoms with Crippen molar-refractivity contribution in [2.45, 2.75) is 6.67 Å². The number of rotatable bonds is 1. The van der Waals surface area contributed by atoms with E-state index in [2.05, 4.69) is 4.98 Å². The number of imidazole rings is 1. The quantitative estimate of drug-likeness (QED) is 0.755. The molecule has 2 aromatic rings. The van der Waals surface area contributed by atoms with Gasteiger partial charge in [-0.05, 0) is 12.1 Å². The minimum Gasteiger partial charge on any atom is -0.464 e. The number of alkyl halides is 1. The van der Waals surface area contributed by atoms with Gasteiger partial charge in [0.05, 0.1) is 11.0 Å². The van der Waals surface area contributed by atoms with Crippen molar-refractivity contribution >= 4 is 17.1 Å². The zero-order chi connectivity index (χ0) is 10.1. The van der Waals surface area contributed by atoms with E-state index in [4.69, 9.17) is 5.11 Å². The number of carboxylic acid groups (broad SMARTS) is 1. The molecule has 72 valence electrons. The smallest absolute Gasteiger partial charge is 0.417 e. The summed E-state index contributed by atoms with van der Waals surface area (Å²) in [5.74, 6) is -0.0845. The van der Waals surface area contributed by atoms with Gasteiger partial charge in [-0.15, -0.1) is 0 Å². The average molecular weight is 194 g/mol. The van der Waals surface area contributed by atoms with Crippen LogP contribution in [0.5, 0.6) is 0 Å². The Morgan fingerprint density at radius 3 is 2.86 bits per heavy atom. The maximum Gasteiger partial charge on any atom is 0.417 e. The van der Waals surface area contributed by atoms with Crippen molar-refractivity contribution in [3.63, 3.8) is 0 Å². The molecule has 0 aliphatic carbocycles. The van der Waals surface area contributed by atoms with Crippen LogP contribution >= 0.6 is 0 Å². The van der Waals surface area contributed by atoms with Crippen LogP contribution in [-0.4, -0.2) is 20.8 Å². The van der Waals surface area contributed by atoms with Crippen LogP contribution in [0.25, 0.3) is 11.0 Å². The van der Waals surface area contributed by atoms with E-state index in [1.165, 1.54) is 0 Å². The zero-order valence-electron chi connectivity index (χ0n) is 7.14. The summed E-state index contributed by atoms with van der Waals surface area (Å²) in [5.41, 5.74) is 0.898. The van der Waals surface area contributed by atoms with Crippen LogP contribution in [0.3, 0.4) is 0 Å². The van der Waals surface area contributed by atoms with Gasteiger partial charge < -0.3 is 5.11 Å². The van der Waals surface area contributed by atoms with Gasteiger partial charge in [0.25, 0.3) is 0 Å². The van der Waals surface area contributed by atoms with E-state index >= 15 is 0 Å². The minimum atomic E-state index is -1.22. The molecule has 0 saturated heterocycles. The first kappa shape index (κ1) is 8.68. The molecule has 1 aromatic carbocycles. The standard InChI is InChI=1S/C9H7FN2O2/c10-5-8-11-6-3-1-2-4-7(6)12(8)9(13)14/h1-4H,5H2,(H,13,14). The van der Waals surface area contributed by atoms with Crippen LogP contribution < -0.4 is 0 Å². The van der Waals surface area contributed by atoms with Crippen LogP contribution in [0.1, 0.15) is 5.82 Å². The van der Waals surface area contributed by atoms with Crippen molar-refractivity contribution in [1.82, 2.24) is 9.55 Å². The highest BCUT2D eigenvalue weighted by molar-refractivity contribution is 5.86. The molecule has 0 bridgehead atoms. The number of hydrogen-bond acceptors (Lipinski definition) is 2.